The molecular weight excluding hydrogens is 805 g/mol. The Hall–Kier alpha value is -2.11. The van der Waals surface area contributed by atoms with Gasteiger partial charge >= 0.3 is 17.9 Å². The quantitative estimate of drug-likeness (QED) is 0.0262. The highest BCUT2D eigenvalue weighted by molar-refractivity contribution is 5.71. The van der Waals surface area contributed by atoms with Gasteiger partial charge in [0.05, 0.1) is 0 Å². The van der Waals surface area contributed by atoms with Crippen molar-refractivity contribution in [3.63, 3.8) is 0 Å². The van der Waals surface area contributed by atoms with Crippen LogP contribution in [0.5, 0.6) is 0 Å². The summed E-state index contributed by atoms with van der Waals surface area (Å²) in [5.74, 6) is -0.875. The van der Waals surface area contributed by atoms with E-state index in [0.29, 0.717) is 19.3 Å². The Kier molecular flexibility index (Phi) is 52.7. The second-order valence-electron chi connectivity index (χ2n) is 19.6. The van der Waals surface area contributed by atoms with E-state index in [0.717, 1.165) is 70.6 Å². The lowest BCUT2D eigenvalue weighted by atomic mass is 10.0. The smallest absolute Gasteiger partial charge is 0.306 e. The van der Waals surface area contributed by atoms with E-state index in [9.17, 15) is 14.4 Å². The molecule has 0 fully saturated rings. The highest BCUT2D eigenvalue weighted by Crippen LogP contribution is 2.16. The number of carbonyl (C=O) groups excluding carboxylic acids is 3. The Morgan fingerprint density at radius 1 is 0.292 bits per heavy atom. The van der Waals surface area contributed by atoms with Gasteiger partial charge in [0.2, 0.25) is 0 Å². The van der Waals surface area contributed by atoms with E-state index in [1.807, 2.05) is 0 Å². The highest BCUT2D eigenvalue weighted by atomic mass is 16.6. The summed E-state index contributed by atoms with van der Waals surface area (Å²) in [4.78, 5) is 38.1. The van der Waals surface area contributed by atoms with Gasteiger partial charge in [0.1, 0.15) is 13.2 Å². The Morgan fingerprint density at radius 3 is 0.785 bits per heavy atom. The molecule has 0 bridgehead atoms. The summed E-state index contributed by atoms with van der Waals surface area (Å²) in [6, 6.07) is 0. The maximum absolute atomic E-state index is 12.8. The lowest BCUT2D eigenvalue weighted by Crippen LogP contribution is -2.30. The van der Waals surface area contributed by atoms with Crippen LogP contribution in [0.3, 0.4) is 0 Å². The summed E-state index contributed by atoms with van der Waals surface area (Å²) in [5.41, 5.74) is 0. The molecule has 0 N–H and O–H groups in total. The standard InChI is InChI=1S/C59H110O6/c1-4-7-10-13-16-19-22-25-27-28-29-30-32-34-37-40-43-46-49-52-58(61)64-55-56(54-63-57(60)51-48-45-42-39-36-33-24-21-18-15-12-9-6-3)65-59(62)53-50-47-44-41-38-35-31-26-23-20-17-14-11-8-5-2/h28-29,33,36,56H,4-27,30-32,34-35,37-55H2,1-3H3/b29-28-,36-33-. The summed E-state index contributed by atoms with van der Waals surface area (Å²) in [5, 5.41) is 0. The molecule has 0 rings (SSSR count). The van der Waals surface area contributed by atoms with Gasteiger partial charge in [-0.3, -0.25) is 14.4 Å². The van der Waals surface area contributed by atoms with Crippen LogP contribution in [0, 0.1) is 0 Å². The second kappa shape index (κ2) is 54.5. The van der Waals surface area contributed by atoms with E-state index >= 15 is 0 Å². The van der Waals surface area contributed by atoms with Crippen molar-refractivity contribution in [2.45, 2.75) is 322 Å². The number of carbonyl (C=O) groups is 3. The molecule has 0 radical (unpaired) electrons. The molecule has 382 valence electrons. The van der Waals surface area contributed by atoms with E-state index in [4.69, 9.17) is 14.2 Å². The minimum atomic E-state index is -0.775. The van der Waals surface area contributed by atoms with Gasteiger partial charge < -0.3 is 14.2 Å². The first-order valence-corrected chi connectivity index (χ1v) is 28.8. The Balaban J connectivity index is 4.32. The molecule has 0 heterocycles. The average Bonchev–Trinajstić information content (AvgIpc) is 3.30. The van der Waals surface area contributed by atoms with Crippen molar-refractivity contribution in [3.8, 4) is 0 Å². The molecule has 1 atom stereocenters. The average molecular weight is 916 g/mol. The Bertz CT molecular complexity index is 1050. The highest BCUT2D eigenvalue weighted by Gasteiger charge is 2.19. The van der Waals surface area contributed by atoms with Gasteiger partial charge in [-0.1, -0.05) is 251 Å². The zero-order valence-electron chi connectivity index (χ0n) is 43.8. The third kappa shape index (κ3) is 52.7. The molecule has 0 aromatic heterocycles. The molecule has 1 unspecified atom stereocenters. The Labute approximate surface area is 404 Å². The van der Waals surface area contributed by atoms with Gasteiger partial charge in [-0.05, 0) is 70.6 Å². The minimum Gasteiger partial charge on any atom is -0.462 e. The molecule has 0 aliphatic carbocycles. The van der Waals surface area contributed by atoms with Gasteiger partial charge in [0, 0.05) is 19.3 Å². The molecule has 0 saturated heterocycles. The van der Waals surface area contributed by atoms with Gasteiger partial charge in [-0.2, -0.15) is 0 Å². The third-order valence-corrected chi connectivity index (χ3v) is 12.9. The van der Waals surface area contributed by atoms with Crippen molar-refractivity contribution in [2.24, 2.45) is 0 Å². The zero-order valence-corrected chi connectivity index (χ0v) is 43.8. The van der Waals surface area contributed by atoms with Gasteiger partial charge in [0.15, 0.2) is 6.10 Å². The summed E-state index contributed by atoms with van der Waals surface area (Å²) in [7, 11) is 0. The number of hydrogen-bond donors (Lipinski definition) is 0. The lowest BCUT2D eigenvalue weighted by Gasteiger charge is -2.18. The molecule has 0 aliphatic heterocycles. The SMILES string of the molecule is CCCCCCCC/C=C\CCCCCC(=O)OCC(COC(=O)CCCCCCCCC/C=C\CCCCCCCCCC)OC(=O)CCCCCCCCCCCCCCCCC. The molecule has 0 aliphatic rings. The van der Waals surface area contributed by atoms with Crippen molar-refractivity contribution < 1.29 is 28.6 Å². The maximum atomic E-state index is 12.8. The molecule has 6 nitrogen and oxygen atoms in total. The topological polar surface area (TPSA) is 78.9 Å². The predicted octanol–water partition coefficient (Wildman–Crippen LogP) is 19.1. The summed E-state index contributed by atoms with van der Waals surface area (Å²) in [6.45, 7) is 6.66. The summed E-state index contributed by atoms with van der Waals surface area (Å²) in [6.07, 6.45) is 63.1. The molecule has 0 amide bonds. The monoisotopic (exact) mass is 915 g/mol. The number of unbranched alkanes of at least 4 members (excludes halogenated alkanes) is 38. The number of hydrogen-bond acceptors (Lipinski definition) is 6. The molecular formula is C59H110O6. The van der Waals surface area contributed by atoms with Crippen molar-refractivity contribution >= 4 is 17.9 Å². The fourth-order valence-electron chi connectivity index (χ4n) is 8.55. The van der Waals surface area contributed by atoms with Crippen LogP contribution in [0.4, 0.5) is 0 Å². The predicted molar refractivity (Wildman–Crippen MR) is 279 cm³/mol. The fraction of sp³-hybridized carbons (Fsp3) is 0.881. The number of ether oxygens (including phenoxy) is 3. The van der Waals surface area contributed by atoms with Crippen LogP contribution >= 0.6 is 0 Å². The van der Waals surface area contributed by atoms with Gasteiger partial charge in [-0.15, -0.1) is 0 Å². The van der Waals surface area contributed by atoms with Gasteiger partial charge in [-0.25, -0.2) is 0 Å². The molecule has 65 heavy (non-hydrogen) atoms. The largest absolute Gasteiger partial charge is 0.462 e. The van der Waals surface area contributed by atoms with Crippen LogP contribution in [0.15, 0.2) is 24.3 Å². The van der Waals surface area contributed by atoms with E-state index in [-0.39, 0.29) is 31.1 Å². The van der Waals surface area contributed by atoms with Crippen molar-refractivity contribution in [1.82, 2.24) is 0 Å². The second-order valence-corrected chi connectivity index (χ2v) is 19.6. The van der Waals surface area contributed by atoms with Crippen LogP contribution < -0.4 is 0 Å². The van der Waals surface area contributed by atoms with Crippen LogP contribution in [0.1, 0.15) is 316 Å². The first-order chi connectivity index (χ1) is 32.0. The molecule has 0 spiro atoms. The van der Waals surface area contributed by atoms with Crippen molar-refractivity contribution in [1.29, 1.82) is 0 Å². The van der Waals surface area contributed by atoms with Crippen molar-refractivity contribution in [3.05, 3.63) is 24.3 Å². The van der Waals surface area contributed by atoms with Crippen molar-refractivity contribution in [2.75, 3.05) is 13.2 Å². The van der Waals surface area contributed by atoms with E-state index in [1.54, 1.807) is 0 Å². The first-order valence-electron chi connectivity index (χ1n) is 28.8. The molecule has 6 heteroatoms. The van der Waals surface area contributed by atoms with Crippen LogP contribution in [0.2, 0.25) is 0 Å². The first kappa shape index (κ1) is 62.9. The number of esters is 3. The minimum absolute atomic E-state index is 0.0741. The van der Waals surface area contributed by atoms with E-state index in [1.165, 1.54) is 205 Å². The number of allylic oxidation sites excluding steroid dienone is 4. The summed E-state index contributed by atoms with van der Waals surface area (Å²) >= 11 is 0. The number of rotatable bonds is 53. The van der Waals surface area contributed by atoms with Crippen LogP contribution in [-0.2, 0) is 28.6 Å². The normalized spacial score (nSPS) is 12.1. The van der Waals surface area contributed by atoms with E-state index < -0.39 is 6.10 Å². The summed E-state index contributed by atoms with van der Waals surface area (Å²) < 4.78 is 16.9. The van der Waals surface area contributed by atoms with E-state index in [2.05, 4.69) is 45.1 Å². The van der Waals surface area contributed by atoms with Gasteiger partial charge in [0.25, 0.3) is 0 Å². The fourth-order valence-corrected chi connectivity index (χ4v) is 8.55. The maximum Gasteiger partial charge on any atom is 0.306 e. The molecule has 0 aromatic carbocycles. The van der Waals surface area contributed by atoms with Crippen LogP contribution in [-0.4, -0.2) is 37.2 Å². The molecule has 0 saturated carbocycles. The third-order valence-electron chi connectivity index (χ3n) is 12.9. The Morgan fingerprint density at radius 2 is 0.508 bits per heavy atom. The van der Waals surface area contributed by atoms with Crippen LogP contribution in [0.25, 0.3) is 0 Å². The molecule has 0 aromatic rings. The zero-order chi connectivity index (χ0) is 47.2. The lowest BCUT2D eigenvalue weighted by molar-refractivity contribution is -0.167.